The number of nitrogens with one attached hydrogen (secondary N) is 1. The molecule has 0 atom stereocenters. The van der Waals surface area contributed by atoms with Crippen LogP contribution in [0.15, 0.2) is 34.8 Å². The molecule has 1 aromatic carbocycles. The highest BCUT2D eigenvalue weighted by molar-refractivity contribution is 9.10. The van der Waals surface area contributed by atoms with Crippen molar-refractivity contribution in [2.75, 3.05) is 11.2 Å². The lowest BCUT2D eigenvalue weighted by Crippen LogP contribution is -2.11. The van der Waals surface area contributed by atoms with Crippen LogP contribution in [0.5, 0.6) is 5.88 Å². The summed E-state index contributed by atoms with van der Waals surface area (Å²) in [5.74, 6) is 6.14. The van der Waals surface area contributed by atoms with Gasteiger partial charge in [-0.15, -0.1) is 0 Å². The largest absolute Gasteiger partial charge is 0.473 e. The molecule has 0 aliphatic carbocycles. The maximum atomic E-state index is 5.52. The molecule has 1 aromatic heterocycles. The molecule has 6 nitrogen and oxygen atoms in total. The Balaban J connectivity index is 2.08. The van der Waals surface area contributed by atoms with Crippen LogP contribution in [-0.4, -0.2) is 9.97 Å². The van der Waals surface area contributed by atoms with E-state index in [1.807, 2.05) is 24.3 Å². The second-order valence-corrected chi connectivity index (χ2v) is 4.43. The van der Waals surface area contributed by atoms with Crippen LogP contribution in [0.25, 0.3) is 0 Å². The first kappa shape index (κ1) is 12.6. The molecule has 18 heavy (non-hydrogen) atoms. The molecule has 5 N–H and O–H groups in total. The normalized spacial score (nSPS) is 10.1. The van der Waals surface area contributed by atoms with Crippen molar-refractivity contribution in [3.63, 3.8) is 0 Å². The summed E-state index contributed by atoms with van der Waals surface area (Å²) < 4.78 is 6.52. The smallest absolute Gasteiger partial charge is 0.225 e. The lowest BCUT2D eigenvalue weighted by atomic mass is 10.2. The van der Waals surface area contributed by atoms with E-state index in [4.69, 9.17) is 16.3 Å². The first-order valence-corrected chi connectivity index (χ1v) is 5.95. The molecule has 1 heterocycles. The van der Waals surface area contributed by atoms with Gasteiger partial charge in [-0.25, -0.2) is 5.84 Å². The number of hydrogen-bond donors (Lipinski definition) is 3. The Kier molecular flexibility index (Phi) is 3.96. The number of hydrazine groups is 1. The van der Waals surface area contributed by atoms with Crippen LogP contribution in [0, 0.1) is 0 Å². The van der Waals surface area contributed by atoms with Crippen molar-refractivity contribution in [3.8, 4) is 5.88 Å². The fourth-order valence-electron chi connectivity index (χ4n) is 1.37. The number of nitrogen functional groups attached to an aromatic ring is 2. The van der Waals surface area contributed by atoms with E-state index >= 15 is 0 Å². The summed E-state index contributed by atoms with van der Waals surface area (Å²) in [7, 11) is 0. The lowest BCUT2D eigenvalue weighted by Gasteiger charge is -2.07. The third-order valence-corrected chi connectivity index (χ3v) is 2.64. The SMILES string of the molecule is NNc1cc(OCc2cccc(Br)c2)nc(N)n1. The maximum Gasteiger partial charge on any atom is 0.225 e. The van der Waals surface area contributed by atoms with Gasteiger partial charge in [0.15, 0.2) is 0 Å². The number of ether oxygens (including phenoxy) is 1. The second kappa shape index (κ2) is 5.65. The molecule has 7 heteroatoms. The summed E-state index contributed by atoms with van der Waals surface area (Å²) in [6.07, 6.45) is 0. The molecular formula is C11H12BrN5O. The van der Waals surface area contributed by atoms with E-state index in [1.165, 1.54) is 0 Å². The number of nitrogens with two attached hydrogens (primary N) is 2. The summed E-state index contributed by atoms with van der Waals surface area (Å²) in [4.78, 5) is 7.82. The maximum absolute atomic E-state index is 5.52. The van der Waals surface area contributed by atoms with E-state index < -0.39 is 0 Å². The fourth-order valence-corrected chi connectivity index (χ4v) is 1.82. The highest BCUT2D eigenvalue weighted by Crippen LogP contribution is 2.17. The predicted octanol–water partition coefficient (Wildman–Crippen LogP) is 1.69. The van der Waals surface area contributed by atoms with Gasteiger partial charge in [-0.1, -0.05) is 28.1 Å². The molecular weight excluding hydrogens is 298 g/mol. The molecule has 0 aliphatic heterocycles. The summed E-state index contributed by atoms with van der Waals surface area (Å²) in [6, 6.07) is 9.38. The van der Waals surface area contributed by atoms with Crippen molar-refractivity contribution in [1.29, 1.82) is 0 Å². The van der Waals surface area contributed by atoms with Crippen molar-refractivity contribution in [2.45, 2.75) is 6.61 Å². The molecule has 2 aromatic rings. The molecule has 0 fully saturated rings. The van der Waals surface area contributed by atoms with E-state index in [-0.39, 0.29) is 5.95 Å². The van der Waals surface area contributed by atoms with Crippen LogP contribution in [0.4, 0.5) is 11.8 Å². The standard InChI is InChI=1S/C11H12BrN5O/c12-8-3-1-2-7(4-8)6-18-10-5-9(17-14)15-11(13)16-10/h1-5H,6,14H2,(H3,13,15,16,17). The fraction of sp³-hybridized carbons (Fsp3) is 0.0909. The van der Waals surface area contributed by atoms with Crippen LogP contribution >= 0.6 is 15.9 Å². The predicted molar refractivity (Wildman–Crippen MR) is 72.7 cm³/mol. The van der Waals surface area contributed by atoms with Gasteiger partial charge in [-0.05, 0) is 17.7 Å². The van der Waals surface area contributed by atoms with Crippen molar-refractivity contribution in [3.05, 3.63) is 40.4 Å². The average Bonchev–Trinajstić information content (AvgIpc) is 2.36. The van der Waals surface area contributed by atoms with Crippen molar-refractivity contribution in [1.82, 2.24) is 9.97 Å². The molecule has 0 unspecified atom stereocenters. The van der Waals surface area contributed by atoms with Crippen LogP contribution < -0.4 is 21.7 Å². The van der Waals surface area contributed by atoms with Crippen LogP contribution in [0.3, 0.4) is 0 Å². The Morgan fingerprint density at radius 3 is 2.83 bits per heavy atom. The number of rotatable bonds is 4. The number of halogens is 1. The highest BCUT2D eigenvalue weighted by Gasteiger charge is 2.03. The molecule has 0 aliphatic rings. The Bertz CT molecular complexity index is 549. The molecule has 2 rings (SSSR count). The van der Waals surface area contributed by atoms with Crippen LogP contribution in [0.1, 0.15) is 5.56 Å². The van der Waals surface area contributed by atoms with Gasteiger partial charge in [0.05, 0.1) is 0 Å². The number of hydrogen-bond acceptors (Lipinski definition) is 6. The number of anilines is 2. The highest BCUT2D eigenvalue weighted by atomic mass is 79.9. The van der Waals surface area contributed by atoms with E-state index in [9.17, 15) is 0 Å². The Morgan fingerprint density at radius 1 is 1.28 bits per heavy atom. The Morgan fingerprint density at radius 2 is 2.11 bits per heavy atom. The summed E-state index contributed by atoms with van der Waals surface area (Å²) in [6.45, 7) is 0.389. The van der Waals surface area contributed by atoms with E-state index in [2.05, 4.69) is 31.3 Å². The molecule has 0 radical (unpaired) electrons. The molecule has 0 saturated heterocycles. The zero-order valence-electron chi connectivity index (χ0n) is 9.43. The molecule has 0 amide bonds. The van der Waals surface area contributed by atoms with Crippen molar-refractivity contribution in [2.24, 2.45) is 5.84 Å². The lowest BCUT2D eigenvalue weighted by molar-refractivity contribution is 0.294. The topological polar surface area (TPSA) is 99.1 Å². The molecule has 0 spiro atoms. The quantitative estimate of drug-likeness (QED) is 0.587. The van der Waals surface area contributed by atoms with Gasteiger partial charge in [-0.3, -0.25) is 0 Å². The minimum Gasteiger partial charge on any atom is -0.473 e. The van der Waals surface area contributed by atoms with Crippen molar-refractivity contribution < 1.29 is 4.74 Å². The first-order chi connectivity index (χ1) is 8.67. The Labute approximate surface area is 112 Å². The van der Waals surface area contributed by atoms with Gasteiger partial charge >= 0.3 is 0 Å². The van der Waals surface area contributed by atoms with Crippen LogP contribution in [0.2, 0.25) is 0 Å². The summed E-state index contributed by atoms with van der Waals surface area (Å²) >= 11 is 3.40. The van der Waals surface area contributed by atoms with Gasteiger partial charge in [0, 0.05) is 10.5 Å². The van der Waals surface area contributed by atoms with Gasteiger partial charge in [-0.2, -0.15) is 9.97 Å². The number of nitrogens with zero attached hydrogens (tertiary/aromatic N) is 2. The van der Waals surface area contributed by atoms with Crippen molar-refractivity contribution >= 4 is 27.7 Å². The molecule has 0 bridgehead atoms. The van der Waals surface area contributed by atoms with E-state index in [1.54, 1.807) is 6.07 Å². The van der Waals surface area contributed by atoms with Gasteiger partial charge in [0.1, 0.15) is 12.4 Å². The third kappa shape index (κ3) is 3.31. The second-order valence-electron chi connectivity index (χ2n) is 3.51. The summed E-state index contributed by atoms with van der Waals surface area (Å²) in [5, 5.41) is 0. The monoisotopic (exact) mass is 309 g/mol. The van der Waals surface area contributed by atoms with E-state index in [0.29, 0.717) is 18.3 Å². The van der Waals surface area contributed by atoms with Gasteiger partial charge in [0.2, 0.25) is 11.8 Å². The van der Waals surface area contributed by atoms with Crippen LogP contribution in [-0.2, 0) is 6.61 Å². The third-order valence-electron chi connectivity index (χ3n) is 2.14. The Hall–Kier alpha value is -1.86. The van der Waals surface area contributed by atoms with E-state index in [0.717, 1.165) is 10.0 Å². The molecule has 94 valence electrons. The van der Waals surface area contributed by atoms with Gasteiger partial charge < -0.3 is 15.9 Å². The summed E-state index contributed by atoms with van der Waals surface area (Å²) in [5.41, 5.74) is 8.94. The minimum absolute atomic E-state index is 0.106. The first-order valence-electron chi connectivity index (χ1n) is 5.16. The van der Waals surface area contributed by atoms with Gasteiger partial charge in [0.25, 0.3) is 0 Å². The number of benzene rings is 1. The zero-order chi connectivity index (χ0) is 13.0. The minimum atomic E-state index is 0.106. The molecule has 0 saturated carbocycles. The zero-order valence-corrected chi connectivity index (χ0v) is 11.0. The average molecular weight is 310 g/mol. The number of aromatic nitrogens is 2.